The fourth-order valence-electron chi connectivity index (χ4n) is 0.957. The zero-order chi connectivity index (χ0) is 11.1. The summed E-state index contributed by atoms with van der Waals surface area (Å²) in [6.45, 7) is 3.96. The molecule has 0 heterocycles. The van der Waals surface area contributed by atoms with Crippen LogP contribution in [-0.2, 0) is 25.1 Å². The highest BCUT2D eigenvalue weighted by atomic mass is 32.2. The van der Waals surface area contributed by atoms with E-state index in [-0.39, 0.29) is 17.1 Å². The first kappa shape index (κ1) is 13.6. The molecule has 0 aliphatic rings. The highest BCUT2D eigenvalue weighted by Crippen LogP contribution is 2.11. The van der Waals surface area contributed by atoms with Gasteiger partial charge >= 0.3 is 5.97 Å². The SMILES string of the molecule is COCCS(=O)C(C)C(C)C(=O)OC. The second kappa shape index (κ2) is 6.95. The molecule has 0 aliphatic heterocycles. The number of carbonyl (C=O) groups excluding carboxylic acids is 1. The molecule has 0 saturated heterocycles. The highest BCUT2D eigenvalue weighted by Gasteiger charge is 2.25. The van der Waals surface area contributed by atoms with Gasteiger partial charge in [-0.3, -0.25) is 9.00 Å². The Labute approximate surface area is 87.4 Å². The zero-order valence-electron chi connectivity index (χ0n) is 9.11. The maximum atomic E-state index is 11.6. The van der Waals surface area contributed by atoms with Gasteiger partial charge in [0.2, 0.25) is 0 Å². The molecular weight excluding hydrogens is 204 g/mol. The maximum absolute atomic E-state index is 11.6. The topological polar surface area (TPSA) is 52.6 Å². The molecule has 0 N–H and O–H groups in total. The van der Waals surface area contributed by atoms with Gasteiger partial charge in [0.15, 0.2) is 0 Å². The second-order valence-corrected chi connectivity index (χ2v) is 5.01. The van der Waals surface area contributed by atoms with E-state index in [2.05, 4.69) is 4.74 Å². The molecule has 84 valence electrons. The molecule has 3 unspecified atom stereocenters. The fourth-order valence-corrected chi connectivity index (χ4v) is 2.23. The van der Waals surface area contributed by atoms with Gasteiger partial charge in [0.1, 0.15) is 0 Å². The molecule has 0 rings (SSSR count). The molecule has 14 heavy (non-hydrogen) atoms. The van der Waals surface area contributed by atoms with Gasteiger partial charge in [0.25, 0.3) is 0 Å². The van der Waals surface area contributed by atoms with Gasteiger partial charge in [-0.2, -0.15) is 0 Å². The summed E-state index contributed by atoms with van der Waals surface area (Å²) in [6, 6.07) is 0. The Balaban J connectivity index is 4.10. The third-order valence-corrected chi connectivity index (χ3v) is 3.99. The van der Waals surface area contributed by atoms with Crippen LogP contribution in [0.15, 0.2) is 0 Å². The number of hydrogen-bond donors (Lipinski definition) is 0. The van der Waals surface area contributed by atoms with E-state index in [0.29, 0.717) is 12.4 Å². The van der Waals surface area contributed by atoms with Crippen molar-refractivity contribution < 1.29 is 18.5 Å². The molecule has 0 radical (unpaired) electrons. The van der Waals surface area contributed by atoms with Gasteiger partial charge in [-0.05, 0) is 6.92 Å². The number of rotatable bonds is 6. The van der Waals surface area contributed by atoms with Crippen molar-refractivity contribution in [1.29, 1.82) is 0 Å². The second-order valence-electron chi connectivity index (χ2n) is 3.09. The van der Waals surface area contributed by atoms with E-state index >= 15 is 0 Å². The first-order valence-corrected chi connectivity index (χ1v) is 5.86. The lowest BCUT2D eigenvalue weighted by molar-refractivity contribution is -0.144. The van der Waals surface area contributed by atoms with E-state index in [1.807, 2.05) is 0 Å². The zero-order valence-corrected chi connectivity index (χ0v) is 9.93. The number of ether oxygens (including phenoxy) is 2. The van der Waals surface area contributed by atoms with Crippen LogP contribution in [0.2, 0.25) is 0 Å². The van der Waals surface area contributed by atoms with Crippen molar-refractivity contribution in [3.8, 4) is 0 Å². The Morgan fingerprint density at radius 1 is 1.36 bits per heavy atom. The number of esters is 1. The van der Waals surface area contributed by atoms with Gasteiger partial charge in [-0.25, -0.2) is 0 Å². The lowest BCUT2D eigenvalue weighted by Crippen LogP contribution is -2.30. The standard InChI is InChI=1S/C9H18O4S/c1-7(9(10)13-4)8(2)14(11)6-5-12-3/h7-8H,5-6H2,1-4H3. The maximum Gasteiger partial charge on any atom is 0.309 e. The predicted octanol–water partition coefficient (Wildman–Crippen LogP) is 0.579. The van der Waals surface area contributed by atoms with Crippen molar-refractivity contribution in [3.05, 3.63) is 0 Å². The lowest BCUT2D eigenvalue weighted by Gasteiger charge is -2.16. The van der Waals surface area contributed by atoms with Crippen LogP contribution in [0.4, 0.5) is 0 Å². The normalized spacial score (nSPS) is 17.1. The van der Waals surface area contributed by atoms with E-state index in [9.17, 15) is 9.00 Å². The van der Waals surface area contributed by atoms with Crippen LogP contribution >= 0.6 is 0 Å². The van der Waals surface area contributed by atoms with Crippen LogP contribution in [0, 0.1) is 5.92 Å². The summed E-state index contributed by atoms with van der Waals surface area (Å²) in [7, 11) is 1.86. The van der Waals surface area contributed by atoms with Crippen molar-refractivity contribution in [1.82, 2.24) is 0 Å². The van der Waals surface area contributed by atoms with E-state index in [1.54, 1.807) is 21.0 Å². The van der Waals surface area contributed by atoms with Crippen molar-refractivity contribution in [2.24, 2.45) is 5.92 Å². The fraction of sp³-hybridized carbons (Fsp3) is 0.889. The van der Waals surface area contributed by atoms with Crippen LogP contribution in [0.25, 0.3) is 0 Å². The van der Waals surface area contributed by atoms with E-state index < -0.39 is 10.8 Å². The molecule has 0 aromatic carbocycles. The molecule has 0 aliphatic carbocycles. The largest absolute Gasteiger partial charge is 0.469 e. The summed E-state index contributed by atoms with van der Waals surface area (Å²) in [4.78, 5) is 11.1. The van der Waals surface area contributed by atoms with Gasteiger partial charge in [0.05, 0.1) is 19.6 Å². The Morgan fingerprint density at radius 2 is 1.93 bits per heavy atom. The van der Waals surface area contributed by atoms with Gasteiger partial charge in [0, 0.05) is 28.9 Å². The minimum atomic E-state index is -1.04. The van der Waals surface area contributed by atoms with Crippen molar-refractivity contribution in [3.63, 3.8) is 0 Å². The Morgan fingerprint density at radius 3 is 2.36 bits per heavy atom. The molecule has 0 spiro atoms. The van der Waals surface area contributed by atoms with E-state index in [4.69, 9.17) is 4.74 Å². The minimum absolute atomic E-state index is 0.197. The van der Waals surface area contributed by atoms with Crippen LogP contribution in [-0.4, -0.2) is 42.0 Å². The Hall–Kier alpha value is -0.420. The summed E-state index contributed by atoms with van der Waals surface area (Å²) in [6.07, 6.45) is 0. The molecule has 4 nitrogen and oxygen atoms in total. The molecule has 0 bridgehead atoms. The minimum Gasteiger partial charge on any atom is -0.469 e. The summed E-state index contributed by atoms with van der Waals surface area (Å²) >= 11 is 0. The number of carbonyl (C=O) groups is 1. The van der Waals surface area contributed by atoms with E-state index in [0.717, 1.165) is 0 Å². The predicted molar refractivity (Wildman–Crippen MR) is 55.5 cm³/mol. The van der Waals surface area contributed by atoms with Crippen LogP contribution in [0.5, 0.6) is 0 Å². The monoisotopic (exact) mass is 222 g/mol. The quantitative estimate of drug-likeness (QED) is 0.617. The average Bonchev–Trinajstić information content (AvgIpc) is 2.22. The van der Waals surface area contributed by atoms with Gasteiger partial charge < -0.3 is 9.47 Å². The molecule has 0 fully saturated rings. The molecule has 5 heteroatoms. The van der Waals surface area contributed by atoms with Crippen LogP contribution in [0.1, 0.15) is 13.8 Å². The average molecular weight is 222 g/mol. The first-order valence-electron chi connectivity index (χ1n) is 4.48. The Kier molecular flexibility index (Phi) is 6.74. The highest BCUT2D eigenvalue weighted by molar-refractivity contribution is 7.85. The molecule has 0 aromatic rings. The Bertz CT molecular complexity index is 205. The van der Waals surface area contributed by atoms with Gasteiger partial charge in [-0.15, -0.1) is 0 Å². The van der Waals surface area contributed by atoms with Crippen molar-refractivity contribution in [2.45, 2.75) is 19.1 Å². The molecule has 3 atom stereocenters. The third kappa shape index (κ3) is 4.19. The van der Waals surface area contributed by atoms with Crippen molar-refractivity contribution >= 4 is 16.8 Å². The number of methoxy groups -OCH3 is 2. The van der Waals surface area contributed by atoms with Crippen LogP contribution in [0.3, 0.4) is 0 Å². The number of hydrogen-bond acceptors (Lipinski definition) is 4. The molecule has 0 aromatic heterocycles. The lowest BCUT2D eigenvalue weighted by atomic mass is 10.1. The van der Waals surface area contributed by atoms with E-state index in [1.165, 1.54) is 7.11 Å². The summed E-state index contributed by atoms with van der Waals surface area (Å²) in [5.41, 5.74) is 0. The molecule has 0 amide bonds. The smallest absolute Gasteiger partial charge is 0.309 e. The molecular formula is C9H18O4S. The third-order valence-electron chi connectivity index (χ3n) is 2.18. The summed E-state index contributed by atoms with van der Waals surface area (Å²) in [5.74, 6) is -0.195. The summed E-state index contributed by atoms with van der Waals surface area (Å²) in [5, 5.41) is -0.197. The molecule has 0 saturated carbocycles. The first-order chi connectivity index (χ1) is 6.54. The van der Waals surface area contributed by atoms with Crippen LogP contribution < -0.4 is 0 Å². The van der Waals surface area contributed by atoms with Gasteiger partial charge in [-0.1, -0.05) is 6.92 Å². The van der Waals surface area contributed by atoms with Crippen molar-refractivity contribution in [2.75, 3.05) is 26.6 Å². The summed E-state index contributed by atoms with van der Waals surface area (Å²) < 4.78 is 21.0.